The van der Waals surface area contributed by atoms with E-state index in [1.54, 1.807) is 29.2 Å². The molecule has 2 aromatic carbocycles. The number of ketones is 1. The fourth-order valence-electron chi connectivity index (χ4n) is 4.13. The van der Waals surface area contributed by atoms with Crippen molar-refractivity contribution in [1.29, 1.82) is 0 Å². The molecular weight excluding hydrogens is 430 g/mol. The van der Waals surface area contributed by atoms with Gasteiger partial charge in [-0.05, 0) is 82.2 Å². The standard InChI is InChI=1S/C27H35N3O4/c1-5-29(6-2)14-8-9-19(3)28-27(33)23-11-7-10-21(15-23)17-30-24-16-22(20(4)31)12-13-25(24)34-18-26(30)32/h7,10-13,15-16,19H,5-6,8-9,14,17-18H2,1-4H3,(H,28,33)/t19-/m0/s1. The molecule has 0 bridgehead atoms. The predicted molar refractivity (Wildman–Crippen MR) is 134 cm³/mol. The number of benzene rings is 2. The van der Waals surface area contributed by atoms with Crippen molar-refractivity contribution in [2.75, 3.05) is 31.1 Å². The normalized spacial score (nSPS) is 13.9. The second kappa shape index (κ2) is 11.8. The van der Waals surface area contributed by atoms with E-state index in [1.807, 2.05) is 25.1 Å². The third-order valence-electron chi connectivity index (χ3n) is 6.22. The Morgan fingerprint density at radius 3 is 2.59 bits per heavy atom. The number of anilines is 1. The maximum absolute atomic E-state index is 12.8. The average molecular weight is 466 g/mol. The van der Waals surface area contributed by atoms with Crippen LogP contribution >= 0.6 is 0 Å². The molecule has 0 fully saturated rings. The summed E-state index contributed by atoms with van der Waals surface area (Å²) in [5.41, 5.74) is 2.48. The van der Waals surface area contributed by atoms with Gasteiger partial charge in [-0.3, -0.25) is 14.4 Å². The highest BCUT2D eigenvalue weighted by Gasteiger charge is 2.26. The zero-order chi connectivity index (χ0) is 24.7. The van der Waals surface area contributed by atoms with Gasteiger partial charge >= 0.3 is 0 Å². The van der Waals surface area contributed by atoms with Crippen LogP contribution in [-0.2, 0) is 11.3 Å². The van der Waals surface area contributed by atoms with Crippen LogP contribution in [-0.4, -0.2) is 54.8 Å². The lowest BCUT2D eigenvalue weighted by Crippen LogP contribution is -2.38. The fraction of sp³-hybridized carbons (Fsp3) is 0.444. The lowest BCUT2D eigenvalue weighted by Gasteiger charge is -2.30. The predicted octanol–water partition coefficient (Wildman–Crippen LogP) is 4.06. The van der Waals surface area contributed by atoms with Crippen LogP contribution in [0.4, 0.5) is 5.69 Å². The number of hydrogen-bond acceptors (Lipinski definition) is 5. The van der Waals surface area contributed by atoms with Crippen molar-refractivity contribution in [2.45, 2.75) is 53.1 Å². The second-order valence-electron chi connectivity index (χ2n) is 8.75. The number of hydrogen-bond donors (Lipinski definition) is 1. The Balaban J connectivity index is 1.67. The topological polar surface area (TPSA) is 79.0 Å². The molecule has 182 valence electrons. The van der Waals surface area contributed by atoms with Gasteiger partial charge < -0.3 is 19.9 Å². The van der Waals surface area contributed by atoms with Gasteiger partial charge in [0.15, 0.2) is 12.4 Å². The van der Waals surface area contributed by atoms with Crippen molar-refractivity contribution in [2.24, 2.45) is 0 Å². The van der Waals surface area contributed by atoms with E-state index >= 15 is 0 Å². The van der Waals surface area contributed by atoms with Crippen molar-refractivity contribution in [3.05, 3.63) is 59.2 Å². The van der Waals surface area contributed by atoms with Crippen LogP contribution in [0.2, 0.25) is 0 Å². The van der Waals surface area contributed by atoms with E-state index in [2.05, 4.69) is 24.1 Å². The minimum atomic E-state index is -0.190. The summed E-state index contributed by atoms with van der Waals surface area (Å²) >= 11 is 0. The molecule has 7 nitrogen and oxygen atoms in total. The van der Waals surface area contributed by atoms with Gasteiger partial charge in [0.05, 0.1) is 12.2 Å². The number of carbonyl (C=O) groups excluding carboxylic acids is 3. The summed E-state index contributed by atoms with van der Waals surface area (Å²) in [5, 5.41) is 3.09. The number of Topliss-reactive ketones (excluding diaryl/α,β-unsaturated/α-hetero) is 1. The molecule has 0 aromatic heterocycles. The Bertz CT molecular complexity index is 1030. The highest BCUT2D eigenvalue weighted by Crippen LogP contribution is 2.34. The molecule has 0 saturated heterocycles. The number of nitrogens with zero attached hydrogens (tertiary/aromatic N) is 2. The molecule has 2 amide bonds. The first kappa shape index (κ1) is 25.4. The Hall–Kier alpha value is -3.19. The molecule has 1 aliphatic heterocycles. The number of fused-ring (bicyclic) bond motifs is 1. The summed E-state index contributed by atoms with van der Waals surface area (Å²) in [6.45, 7) is 11.2. The summed E-state index contributed by atoms with van der Waals surface area (Å²) < 4.78 is 5.54. The van der Waals surface area contributed by atoms with E-state index in [-0.39, 0.29) is 36.8 Å². The number of carbonyl (C=O) groups is 3. The monoisotopic (exact) mass is 465 g/mol. The maximum atomic E-state index is 12.8. The SMILES string of the molecule is CCN(CC)CCC[C@H](C)NC(=O)c1cccc(CN2C(=O)COc3ccc(C(C)=O)cc32)c1. The number of rotatable bonds is 11. The molecule has 0 radical (unpaired) electrons. The van der Waals surface area contributed by atoms with Gasteiger partial charge in [0.25, 0.3) is 11.8 Å². The third kappa shape index (κ3) is 6.44. The van der Waals surface area contributed by atoms with Crippen molar-refractivity contribution in [3.63, 3.8) is 0 Å². The Labute approximate surface area is 202 Å². The summed E-state index contributed by atoms with van der Waals surface area (Å²) in [7, 11) is 0. The minimum absolute atomic E-state index is 0.0579. The zero-order valence-electron chi connectivity index (χ0n) is 20.6. The van der Waals surface area contributed by atoms with Gasteiger partial charge in [0.1, 0.15) is 5.75 Å². The largest absolute Gasteiger partial charge is 0.482 e. The van der Waals surface area contributed by atoms with E-state index in [0.29, 0.717) is 22.6 Å². The number of amides is 2. The van der Waals surface area contributed by atoms with Crippen LogP contribution in [0.1, 0.15) is 66.8 Å². The number of nitrogens with one attached hydrogen (secondary N) is 1. The van der Waals surface area contributed by atoms with E-state index in [4.69, 9.17) is 4.74 Å². The van der Waals surface area contributed by atoms with Crippen molar-refractivity contribution in [1.82, 2.24) is 10.2 Å². The van der Waals surface area contributed by atoms with Gasteiger partial charge in [0.2, 0.25) is 0 Å². The molecule has 7 heteroatoms. The second-order valence-corrected chi connectivity index (χ2v) is 8.75. The first-order chi connectivity index (χ1) is 16.3. The molecule has 2 aromatic rings. The Morgan fingerprint density at radius 2 is 1.88 bits per heavy atom. The molecule has 3 rings (SSSR count). The van der Waals surface area contributed by atoms with Crippen molar-refractivity contribution in [3.8, 4) is 5.75 Å². The van der Waals surface area contributed by atoms with E-state index < -0.39 is 0 Å². The molecule has 1 N–H and O–H groups in total. The lowest BCUT2D eigenvalue weighted by atomic mass is 10.1. The van der Waals surface area contributed by atoms with Gasteiger partial charge in [-0.2, -0.15) is 0 Å². The Kier molecular flexibility index (Phi) is 8.82. The van der Waals surface area contributed by atoms with Crippen molar-refractivity contribution < 1.29 is 19.1 Å². The van der Waals surface area contributed by atoms with Crippen LogP contribution < -0.4 is 15.0 Å². The van der Waals surface area contributed by atoms with Gasteiger partial charge in [0, 0.05) is 17.2 Å². The fourth-order valence-corrected chi connectivity index (χ4v) is 4.13. The van der Waals surface area contributed by atoms with E-state index in [1.165, 1.54) is 6.92 Å². The number of ether oxygens (including phenoxy) is 1. The molecule has 1 heterocycles. The quantitative estimate of drug-likeness (QED) is 0.507. The van der Waals surface area contributed by atoms with Gasteiger partial charge in [-0.25, -0.2) is 0 Å². The zero-order valence-corrected chi connectivity index (χ0v) is 20.6. The first-order valence-corrected chi connectivity index (χ1v) is 12.0. The summed E-state index contributed by atoms with van der Waals surface area (Å²) in [6, 6.07) is 12.5. The van der Waals surface area contributed by atoms with Gasteiger partial charge in [-0.15, -0.1) is 0 Å². The molecule has 0 saturated carbocycles. The minimum Gasteiger partial charge on any atom is -0.482 e. The van der Waals surface area contributed by atoms with E-state index in [9.17, 15) is 14.4 Å². The summed E-state index contributed by atoms with van der Waals surface area (Å²) in [5.74, 6) is 0.178. The van der Waals surface area contributed by atoms with E-state index in [0.717, 1.165) is 38.0 Å². The first-order valence-electron chi connectivity index (χ1n) is 12.0. The van der Waals surface area contributed by atoms with Crippen LogP contribution in [0.15, 0.2) is 42.5 Å². The molecule has 1 aliphatic rings. The highest BCUT2D eigenvalue weighted by atomic mass is 16.5. The molecular formula is C27H35N3O4. The molecule has 0 aliphatic carbocycles. The molecule has 34 heavy (non-hydrogen) atoms. The molecule has 0 spiro atoms. The Morgan fingerprint density at radius 1 is 1.12 bits per heavy atom. The average Bonchev–Trinajstić information content (AvgIpc) is 2.83. The summed E-state index contributed by atoms with van der Waals surface area (Å²) in [6.07, 6.45) is 1.95. The third-order valence-corrected chi connectivity index (χ3v) is 6.22. The highest BCUT2D eigenvalue weighted by molar-refractivity contribution is 6.01. The van der Waals surface area contributed by atoms with Crippen LogP contribution in [0.25, 0.3) is 0 Å². The van der Waals surface area contributed by atoms with Crippen LogP contribution in [0, 0.1) is 0 Å². The lowest BCUT2D eigenvalue weighted by molar-refractivity contribution is -0.121. The summed E-state index contributed by atoms with van der Waals surface area (Å²) in [4.78, 5) is 41.3. The molecule has 1 atom stereocenters. The van der Waals surface area contributed by atoms with Crippen LogP contribution in [0.3, 0.4) is 0 Å². The molecule has 0 unspecified atom stereocenters. The van der Waals surface area contributed by atoms with Gasteiger partial charge in [-0.1, -0.05) is 26.0 Å². The van der Waals surface area contributed by atoms with Crippen LogP contribution in [0.5, 0.6) is 5.75 Å². The van der Waals surface area contributed by atoms with Crippen molar-refractivity contribution >= 4 is 23.3 Å². The smallest absolute Gasteiger partial charge is 0.265 e. The maximum Gasteiger partial charge on any atom is 0.265 e.